The summed E-state index contributed by atoms with van der Waals surface area (Å²) in [6.07, 6.45) is 3.21. The monoisotopic (exact) mass is 317 g/mol. The maximum atomic E-state index is 6.13. The van der Waals surface area contributed by atoms with Crippen molar-refractivity contribution < 1.29 is 4.74 Å². The zero-order chi connectivity index (χ0) is 14.0. The third kappa shape index (κ3) is 3.69. The molecule has 2 heterocycles. The van der Waals surface area contributed by atoms with Crippen LogP contribution in [0.5, 0.6) is 0 Å². The van der Waals surface area contributed by atoms with Crippen LogP contribution in [-0.2, 0) is 11.5 Å². The Morgan fingerprint density at radius 3 is 2.68 bits per heavy atom. The maximum absolute atomic E-state index is 6.13. The Balaban J connectivity index is 2.08. The standard InChI is InChI=1S/C12H17Cl2N3OSi/c1-19(2,3)5-4-18-8-17-6-9(13)10-11(14)15-7-16-12(10)17/h6-7H,4-5,8H2,1-3H3. The lowest BCUT2D eigenvalue weighted by Gasteiger charge is -2.15. The molecule has 2 aromatic heterocycles. The van der Waals surface area contributed by atoms with Gasteiger partial charge >= 0.3 is 0 Å². The average Bonchev–Trinajstić information content (AvgIpc) is 2.62. The van der Waals surface area contributed by atoms with Crippen LogP contribution in [0.15, 0.2) is 12.5 Å². The van der Waals surface area contributed by atoms with Crippen molar-refractivity contribution in [3.8, 4) is 0 Å². The largest absolute Gasteiger partial charge is 0.361 e. The zero-order valence-corrected chi connectivity index (χ0v) is 13.8. The number of aromatic nitrogens is 3. The summed E-state index contributed by atoms with van der Waals surface area (Å²) < 4.78 is 7.55. The lowest BCUT2D eigenvalue weighted by Crippen LogP contribution is -2.22. The summed E-state index contributed by atoms with van der Waals surface area (Å²) in [6.45, 7) is 8.16. The second kappa shape index (κ2) is 5.79. The van der Waals surface area contributed by atoms with Gasteiger partial charge in [-0.3, -0.25) is 0 Å². The second-order valence-corrected chi connectivity index (χ2v) is 12.0. The number of hydrogen-bond donors (Lipinski definition) is 0. The summed E-state index contributed by atoms with van der Waals surface area (Å²) in [7, 11) is -1.06. The molecule has 0 bridgehead atoms. The van der Waals surface area contributed by atoms with Crippen molar-refractivity contribution in [3.63, 3.8) is 0 Å². The molecule has 0 saturated heterocycles. The van der Waals surface area contributed by atoms with Gasteiger partial charge in [0.1, 0.15) is 23.9 Å². The van der Waals surface area contributed by atoms with Crippen LogP contribution in [0.2, 0.25) is 35.9 Å². The Hall–Kier alpha value is -0.623. The van der Waals surface area contributed by atoms with E-state index in [1.807, 2.05) is 4.57 Å². The summed E-state index contributed by atoms with van der Waals surface area (Å²) in [5.74, 6) is 0. The van der Waals surface area contributed by atoms with Gasteiger partial charge in [0.15, 0.2) is 0 Å². The van der Waals surface area contributed by atoms with E-state index in [-0.39, 0.29) is 0 Å². The molecule has 19 heavy (non-hydrogen) atoms. The number of halogens is 2. The molecule has 0 aromatic carbocycles. The second-order valence-electron chi connectivity index (χ2n) is 5.66. The van der Waals surface area contributed by atoms with Gasteiger partial charge in [-0.15, -0.1) is 0 Å². The normalized spacial score (nSPS) is 12.3. The van der Waals surface area contributed by atoms with Gasteiger partial charge < -0.3 is 9.30 Å². The Bertz CT molecular complexity index is 580. The SMILES string of the molecule is C[Si](C)(C)CCOCn1cc(Cl)c2c(Cl)ncnc21. The van der Waals surface area contributed by atoms with Gasteiger partial charge in [-0.1, -0.05) is 42.8 Å². The van der Waals surface area contributed by atoms with E-state index in [2.05, 4.69) is 29.6 Å². The molecule has 2 aromatic rings. The Morgan fingerprint density at radius 2 is 2.00 bits per heavy atom. The van der Waals surface area contributed by atoms with E-state index in [0.29, 0.717) is 27.9 Å². The summed E-state index contributed by atoms with van der Waals surface area (Å²) in [4.78, 5) is 8.13. The summed E-state index contributed by atoms with van der Waals surface area (Å²) >= 11 is 12.1. The highest BCUT2D eigenvalue weighted by molar-refractivity contribution is 6.76. The van der Waals surface area contributed by atoms with Gasteiger partial charge in [-0.25, -0.2) is 9.97 Å². The average molecular weight is 318 g/mol. The predicted molar refractivity (Wildman–Crippen MR) is 81.7 cm³/mol. The van der Waals surface area contributed by atoms with E-state index in [0.717, 1.165) is 12.7 Å². The topological polar surface area (TPSA) is 39.9 Å². The predicted octanol–water partition coefficient (Wildman–Crippen LogP) is 4.05. The molecule has 0 saturated carbocycles. The molecular formula is C12H17Cl2N3OSi. The van der Waals surface area contributed by atoms with E-state index < -0.39 is 8.07 Å². The maximum Gasteiger partial charge on any atom is 0.148 e. The first-order valence-corrected chi connectivity index (χ1v) is 10.6. The molecule has 0 spiro atoms. The molecule has 7 heteroatoms. The van der Waals surface area contributed by atoms with Crippen LogP contribution >= 0.6 is 23.2 Å². The fraction of sp³-hybridized carbons (Fsp3) is 0.500. The molecule has 0 aliphatic heterocycles. The summed E-state index contributed by atoms with van der Waals surface area (Å²) in [6, 6.07) is 1.13. The molecule has 2 rings (SSSR count). The van der Waals surface area contributed by atoms with Crippen molar-refractivity contribution in [3.05, 3.63) is 22.7 Å². The van der Waals surface area contributed by atoms with Gasteiger partial charge in [0.05, 0.1) is 10.4 Å². The van der Waals surface area contributed by atoms with Crippen molar-refractivity contribution in [2.24, 2.45) is 0 Å². The first kappa shape index (κ1) is 14.8. The third-order valence-electron chi connectivity index (χ3n) is 2.79. The van der Waals surface area contributed by atoms with Crippen LogP contribution in [0.4, 0.5) is 0 Å². The molecule has 0 fully saturated rings. The number of fused-ring (bicyclic) bond motifs is 1. The fourth-order valence-corrected chi connectivity index (χ4v) is 3.01. The summed E-state index contributed by atoms with van der Waals surface area (Å²) in [5.41, 5.74) is 0.706. The molecule has 0 radical (unpaired) electrons. The quantitative estimate of drug-likeness (QED) is 0.474. The highest BCUT2D eigenvalue weighted by Crippen LogP contribution is 2.29. The van der Waals surface area contributed by atoms with E-state index in [9.17, 15) is 0 Å². The van der Waals surface area contributed by atoms with E-state index in [1.165, 1.54) is 6.33 Å². The minimum Gasteiger partial charge on any atom is -0.361 e. The molecule has 0 unspecified atom stereocenters. The lowest BCUT2D eigenvalue weighted by molar-refractivity contribution is 0.0899. The van der Waals surface area contributed by atoms with Crippen LogP contribution in [0.25, 0.3) is 11.0 Å². The fourth-order valence-electron chi connectivity index (χ4n) is 1.68. The highest BCUT2D eigenvalue weighted by Gasteiger charge is 2.14. The Kier molecular flexibility index (Phi) is 4.50. The van der Waals surface area contributed by atoms with Crippen molar-refractivity contribution >= 4 is 42.3 Å². The number of nitrogens with zero attached hydrogens (tertiary/aromatic N) is 3. The molecule has 0 aliphatic rings. The number of ether oxygens (including phenoxy) is 1. The zero-order valence-electron chi connectivity index (χ0n) is 11.3. The molecule has 4 nitrogen and oxygen atoms in total. The minimum atomic E-state index is -1.06. The molecule has 0 amide bonds. The van der Waals surface area contributed by atoms with Gasteiger partial charge in [-0.05, 0) is 6.04 Å². The van der Waals surface area contributed by atoms with Crippen molar-refractivity contribution in [2.75, 3.05) is 6.61 Å². The molecule has 0 atom stereocenters. The van der Waals surface area contributed by atoms with Crippen LogP contribution in [0, 0.1) is 0 Å². The van der Waals surface area contributed by atoms with Gasteiger partial charge in [0, 0.05) is 20.9 Å². The van der Waals surface area contributed by atoms with E-state index >= 15 is 0 Å². The number of rotatable bonds is 5. The Morgan fingerprint density at radius 1 is 1.26 bits per heavy atom. The molecule has 0 aliphatic carbocycles. The third-order valence-corrected chi connectivity index (χ3v) is 5.07. The van der Waals surface area contributed by atoms with Crippen molar-refractivity contribution in [1.82, 2.24) is 14.5 Å². The van der Waals surface area contributed by atoms with E-state index in [1.54, 1.807) is 6.20 Å². The smallest absolute Gasteiger partial charge is 0.148 e. The first-order valence-electron chi connectivity index (χ1n) is 6.11. The molecule has 0 N–H and O–H groups in total. The van der Waals surface area contributed by atoms with Gasteiger partial charge in [-0.2, -0.15) is 0 Å². The lowest BCUT2D eigenvalue weighted by atomic mass is 10.4. The minimum absolute atomic E-state index is 0.371. The number of hydrogen-bond acceptors (Lipinski definition) is 3. The highest BCUT2D eigenvalue weighted by atomic mass is 35.5. The molecule has 104 valence electrons. The van der Waals surface area contributed by atoms with Crippen LogP contribution in [0.3, 0.4) is 0 Å². The van der Waals surface area contributed by atoms with E-state index in [4.69, 9.17) is 27.9 Å². The van der Waals surface area contributed by atoms with Crippen LogP contribution < -0.4 is 0 Å². The van der Waals surface area contributed by atoms with Gasteiger partial charge in [0.25, 0.3) is 0 Å². The van der Waals surface area contributed by atoms with Crippen molar-refractivity contribution in [2.45, 2.75) is 32.4 Å². The van der Waals surface area contributed by atoms with Crippen LogP contribution in [0.1, 0.15) is 0 Å². The summed E-state index contributed by atoms with van der Waals surface area (Å²) in [5, 5.41) is 1.60. The first-order chi connectivity index (χ1) is 8.88. The van der Waals surface area contributed by atoms with Gasteiger partial charge in [0.2, 0.25) is 0 Å². The van der Waals surface area contributed by atoms with Crippen LogP contribution in [-0.4, -0.2) is 29.2 Å². The molecular weight excluding hydrogens is 301 g/mol. The van der Waals surface area contributed by atoms with Crippen molar-refractivity contribution in [1.29, 1.82) is 0 Å². The Labute approximate surface area is 123 Å².